The first-order chi connectivity index (χ1) is 8.20. The van der Waals surface area contributed by atoms with Crippen LogP contribution in [0.5, 0.6) is 0 Å². The van der Waals surface area contributed by atoms with Crippen LogP contribution >= 0.6 is 10.7 Å². The summed E-state index contributed by atoms with van der Waals surface area (Å²) in [6.07, 6.45) is 1.43. The number of benzene rings is 1. The minimum Gasteiger partial charge on any atom is -0.208 e. The van der Waals surface area contributed by atoms with E-state index >= 15 is 0 Å². The van der Waals surface area contributed by atoms with E-state index in [0.29, 0.717) is 6.07 Å². The van der Waals surface area contributed by atoms with E-state index in [1.165, 1.54) is 0 Å². The number of halogens is 2. The highest BCUT2D eigenvalue weighted by atomic mass is 35.7. The molecule has 0 spiro atoms. The first kappa shape index (κ1) is 13.7. The summed E-state index contributed by atoms with van der Waals surface area (Å²) in [6.45, 7) is 0. The molecular weight excluding hydrogens is 305 g/mol. The average molecular weight is 314 g/mol. The Balaban J connectivity index is 2.41. The highest BCUT2D eigenvalue weighted by molar-refractivity contribution is 8.13. The van der Waals surface area contributed by atoms with Crippen molar-refractivity contribution in [3.8, 4) is 0 Å². The zero-order valence-corrected chi connectivity index (χ0v) is 11.3. The number of hydrogen-bond acceptors (Lipinski definition) is 4. The second kappa shape index (κ2) is 4.44. The summed E-state index contributed by atoms with van der Waals surface area (Å²) in [4.78, 5) is -1.06. The zero-order chi connectivity index (χ0) is 13.6. The maximum absolute atomic E-state index is 13.6. The van der Waals surface area contributed by atoms with E-state index in [2.05, 4.69) is 4.72 Å². The molecule has 1 aliphatic rings. The third-order valence-electron chi connectivity index (χ3n) is 2.37. The van der Waals surface area contributed by atoms with E-state index in [9.17, 15) is 21.2 Å². The molecule has 5 nitrogen and oxygen atoms in total. The fraction of sp³-hybridized carbons (Fsp3) is 0.333. The molecule has 0 unspecified atom stereocenters. The minimum absolute atomic E-state index is 0.161. The molecule has 9 heteroatoms. The molecule has 0 aliphatic heterocycles. The Morgan fingerprint density at radius 3 is 2.28 bits per heavy atom. The van der Waals surface area contributed by atoms with E-state index in [1.807, 2.05) is 0 Å². The third-order valence-corrected chi connectivity index (χ3v) is 5.28. The van der Waals surface area contributed by atoms with Crippen LogP contribution in [0.2, 0.25) is 0 Å². The van der Waals surface area contributed by atoms with Gasteiger partial charge in [0, 0.05) is 16.7 Å². The molecule has 1 aromatic rings. The molecule has 0 saturated heterocycles. The van der Waals surface area contributed by atoms with Gasteiger partial charge in [-0.25, -0.2) is 25.9 Å². The Hall–Kier alpha value is -0.700. The summed E-state index contributed by atoms with van der Waals surface area (Å²) in [6, 6.07) is 2.26. The Labute approximate surface area is 108 Å². The molecule has 1 saturated carbocycles. The van der Waals surface area contributed by atoms with Gasteiger partial charge in [0.05, 0.1) is 4.90 Å². The van der Waals surface area contributed by atoms with Crippen LogP contribution in [0.15, 0.2) is 28.0 Å². The molecule has 2 rings (SSSR count). The lowest BCUT2D eigenvalue weighted by Crippen LogP contribution is -2.26. The molecule has 1 fully saturated rings. The molecule has 0 heterocycles. The number of nitrogens with one attached hydrogen (secondary N) is 1. The van der Waals surface area contributed by atoms with Crippen molar-refractivity contribution in [3.05, 3.63) is 24.0 Å². The number of rotatable bonds is 4. The van der Waals surface area contributed by atoms with Crippen molar-refractivity contribution in [1.82, 2.24) is 4.72 Å². The van der Waals surface area contributed by atoms with Crippen LogP contribution in [-0.4, -0.2) is 22.9 Å². The SMILES string of the molecule is O=S(=O)(Cl)c1ccc(S(=O)(=O)NC2CC2)c(F)c1. The molecule has 100 valence electrons. The van der Waals surface area contributed by atoms with Crippen LogP contribution in [0.4, 0.5) is 4.39 Å². The van der Waals surface area contributed by atoms with Crippen molar-refractivity contribution < 1.29 is 21.2 Å². The summed E-state index contributed by atoms with van der Waals surface area (Å²) in [5.41, 5.74) is 0. The zero-order valence-electron chi connectivity index (χ0n) is 8.93. The molecule has 1 aromatic carbocycles. The van der Waals surface area contributed by atoms with Crippen molar-refractivity contribution in [2.45, 2.75) is 28.7 Å². The van der Waals surface area contributed by atoms with E-state index in [4.69, 9.17) is 10.7 Å². The van der Waals surface area contributed by atoms with Crippen LogP contribution in [0.25, 0.3) is 0 Å². The first-order valence-corrected chi connectivity index (χ1v) is 8.76. The minimum atomic E-state index is -4.08. The van der Waals surface area contributed by atoms with Crippen molar-refractivity contribution in [2.75, 3.05) is 0 Å². The maximum atomic E-state index is 13.6. The van der Waals surface area contributed by atoms with Crippen LogP contribution < -0.4 is 4.72 Å². The van der Waals surface area contributed by atoms with Gasteiger partial charge in [0.25, 0.3) is 9.05 Å². The second-order valence-corrected chi connectivity index (χ2v) is 8.17. The highest BCUT2D eigenvalue weighted by Crippen LogP contribution is 2.25. The number of hydrogen-bond donors (Lipinski definition) is 1. The molecule has 0 amide bonds. The standard InChI is InChI=1S/C9H9ClFNO4S2/c10-17(13,14)7-3-4-9(8(11)5-7)18(15,16)12-6-1-2-6/h3-6,12H,1-2H2. The molecule has 0 bridgehead atoms. The Morgan fingerprint density at radius 2 is 1.83 bits per heavy atom. The summed E-state index contributed by atoms with van der Waals surface area (Å²) >= 11 is 0. The third kappa shape index (κ3) is 3.00. The Kier molecular flexibility index (Phi) is 3.39. The Bertz CT molecular complexity index is 683. The van der Waals surface area contributed by atoms with Gasteiger partial charge in [0.15, 0.2) is 0 Å². The first-order valence-electron chi connectivity index (χ1n) is 4.97. The quantitative estimate of drug-likeness (QED) is 0.847. The molecule has 0 aromatic heterocycles. The van der Waals surface area contributed by atoms with Crippen LogP contribution in [0, 0.1) is 5.82 Å². The molecular formula is C9H9ClFNO4S2. The normalized spacial score (nSPS) is 16.8. The summed E-state index contributed by atoms with van der Waals surface area (Å²) in [5.74, 6) is -1.15. The molecule has 0 atom stereocenters. The largest absolute Gasteiger partial charge is 0.261 e. The fourth-order valence-corrected chi connectivity index (χ4v) is 3.46. The lowest BCUT2D eigenvalue weighted by Gasteiger charge is -2.07. The molecule has 1 N–H and O–H groups in total. The predicted octanol–water partition coefficient (Wildman–Crippen LogP) is 1.19. The summed E-state index contributed by atoms with van der Waals surface area (Å²) in [7, 11) is -3.00. The Morgan fingerprint density at radius 1 is 1.22 bits per heavy atom. The van der Waals surface area contributed by atoms with Crippen LogP contribution in [-0.2, 0) is 19.1 Å². The van der Waals surface area contributed by atoms with E-state index in [1.54, 1.807) is 0 Å². The van der Waals surface area contributed by atoms with Crippen molar-refractivity contribution in [1.29, 1.82) is 0 Å². The van der Waals surface area contributed by atoms with Crippen LogP contribution in [0.3, 0.4) is 0 Å². The van der Waals surface area contributed by atoms with Gasteiger partial charge < -0.3 is 0 Å². The van der Waals surface area contributed by atoms with Gasteiger partial charge >= 0.3 is 0 Å². The van der Waals surface area contributed by atoms with Gasteiger partial charge in [0.2, 0.25) is 10.0 Å². The van der Waals surface area contributed by atoms with Crippen molar-refractivity contribution in [3.63, 3.8) is 0 Å². The van der Waals surface area contributed by atoms with Gasteiger partial charge in [-0.3, -0.25) is 0 Å². The van der Waals surface area contributed by atoms with Crippen LogP contribution in [0.1, 0.15) is 12.8 Å². The monoisotopic (exact) mass is 313 g/mol. The van der Waals surface area contributed by atoms with Gasteiger partial charge in [-0.05, 0) is 31.0 Å². The van der Waals surface area contributed by atoms with Gasteiger partial charge in [-0.1, -0.05) is 0 Å². The highest BCUT2D eigenvalue weighted by Gasteiger charge is 2.30. The average Bonchev–Trinajstić information content (AvgIpc) is 2.98. The lowest BCUT2D eigenvalue weighted by atomic mass is 10.3. The molecule has 0 radical (unpaired) electrons. The molecule has 18 heavy (non-hydrogen) atoms. The summed E-state index contributed by atoms with van der Waals surface area (Å²) in [5, 5.41) is 0. The van der Waals surface area contributed by atoms with Gasteiger partial charge in [-0.2, -0.15) is 0 Å². The number of sulfonamides is 1. The van der Waals surface area contributed by atoms with E-state index < -0.39 is 34.7 Å². The van der Waals surface area contributed by atoms with Gasteiger partial charge in [0.1, 0.15) is 10.7 Å². The smallest absolute Gasteiger partial charge is 0.208 e. The van der Waals surface area contributed by atoms with E-state index in [0.717, 1.165) is 25.0 Å². The fourth-order valence-electron chi connectivity index (χ4n) is 1.34. The van der Waals surface area contributed by atoms with Crippen molar-refractivity contribution >= 4 is 29.8 Å². The topological polar surface area (TPSA) is 80.3 Å². The van der Waals surface area contributed by atoms with Gasteiger partial charge in [-0.15, -0.1) is 0 Å². The van der Waals surface area contributed by atoms with Crippen molar-refractivity contribution in [2.24, 2.45) is 0 Å². The maximum Gasteiger partial charge on any atom is 0.261 e. The lowest BCUT2D eigenvalue weighted by molar-refractivity contribution is 0.553. The molecule has 1 aliphatic carbocycles. The predicted molar refractivity (Wildman–Crippen MR) is 62.8 cm³/mol. The second-order valence-electron chi connectivity index (χ2n) is 3.93. The summed E-state index contributed by atoms with van der Waals surface area (Å²) < 4.78 is 61.3. The van der Waals surface area contributed by atoms with E-state index in [-0.39, 0.29) is 6.04 Å².